The number of aromatic hydroxyl groups is 1. The summed E-state index contributed by atoms with van der Waals surface area (Å²) in [4.78, 5) is 11.8. The molecular weight excluding hydrogens is 344 g/mol. The van der Waals surface area contributed by atoms with Crippen LogP contribution in [0.5, 0.6) is 17.2 Å². The normalized spacial score (nSPS) is 12.0. The molecule has 0 saturated carbocycles. The molecule has 2 N–H and O–H groups in total. The van der Waals surface area contributed by atoms with Crippen molar-refractivity contribution in [3.63, 3.8) is 0 Å². The van der Waals surface area contributed by atoms with Gasteiger partial charge in [-0.3, -0.25) is 4.79 Å². The van der Waals surface area contributed by atoms with Gasteiger partial charge in [-0.05, 0) is 49.1 Å². The number of carbonyl (C=O) groups is 1. The lowest BCUT2D eigenvalue weighted by Crippen LogP contribution is -2.24. The van der Waals surface area contributed by atoms with Gasteiger partial charge in [0.25, 0.3) is 5.91 Å². The van der Waals surface area contributed by atoms with E-state index in [1.165, 1.54) is 17.8 Å². The molecule has 0 radical (unpaired) electrons. The molecule has 1 unspecified atom stereocenters. The number of nitrogens with zero attached hydrogens (tertiary/aromatic N) is 1. The molecule has 144 valence electrons. The molecule has 0 heterocycles. The molecule has 6 nitrogen and oxygen atoms in total. The lowest BCUT2D eigenvalue weighted by Gasteiger charge is -2.10. The van der Waals surface area contributed by atoms with Gasteiger partial charge in [0.1, 0.15) is 17.2 Å². The summed E-state index contributed by atoms with van der Waals surface area (Å²) >= 11 is 0. The molecule has 2 aromatic rings. The number of phenols is 1. The van der Waals surface area contributed by atoms with Crippen molar-refractivity contribution < 1.29 is 19.4 Å². The Kier molecular flexibility index (Phi) is 7.67. The third kappa shape index (κ3) is 6.33. The lowest BCUT2D eigenvalue weighted by molar-refractivity contribution is -0.123. The summed E-state index contributed by atoms with van der Waals surface area (Å²) in [5.41, 5.74) is 4.09. The van der Waals surface area contributed by atoms with E-state index in [4.69, 9.17) is 9.47 Å². The summed E-state index contributed by atoms with van der Waals surface area (Å²) in [6.45, 7) is 6.55. The molecule has 2 rings (SSSR count). The van der Waals surface area contributed by atoms with Gasteiger partial charge in [-0.1, -0.05) is 26.0 Å². The maximum absolute atomic E-state index is 11.8. The molecule has 0 fully saturated rings. The van der Waals surface area contributed by atoms with E-state index in [0.29, 0.717) is 29.6 Å². The topological polar surface area (TPSA) is 80.2 Å². The molecule has 0 bridgehead atoms. The zero-order chi connectivity index (χ0) is 19.6. The van der Waals surface area contributed by atoms with Crippen LogP contribution in [-0.4, -0.2) is 30.4 Å². The van der Waals surface area contributed by atoms with E-state index < -0.39 is 0 Å². The predicted molar refractivity (Wildman–Crippen MR) is 106 cm³/mol. The van der Waals surface area contributed by atoms with Crippen molar-refractivity contribution in [1.29, 1.82) is 0 Å². The Balaban J connectivity index is 1.81. The van der Waals surface area contributed by atoms with Crippen LogP contribution >= 0.6 is 0 Å². The Hall–Kier alpha value is -3.02. The molecule has 1 atom stereocenters. The predicted octanol–water partition coefficient (Wildman–Crippen LogP) is 3.83. The number of hydrogen-bond donors (Lipinski definition) is 2. The van der Waals surface area contributed by atoms with E-state index in [0.717, 1.165) is 6.42 Å². The van der Waals surface area contributed by atoms with Crippen molar-refractivity contribution >= 4 is 12.1 Å². The molecule has 0 spiro atoms. The highest BCUT2D eigenvalue weighted by Gasteiger charge is 2.05. The van der Waals surface area contributed by atoms with Gasteiger partial charge in [0.2, 0.25) is 0 Å². The van der Waals surface area contributed by atoms with Crippen LogP contribution < -0.4 is 14.9 Å². The van der Waals surface area contributed by atoms with Crippen LogP contribution in [0.3, 0.4) is 0 Å². The monoisotopic (exact) mass is 370 g/mol. The highest BCUT2D eigenvalue weighted by atomic mass is 16.5. The highest BCUT2D eigenvalue weighted by molar-refractivity contribution is 5.85. The average Bonchev–Trinajstić information content (AvgIpc) is 2.68. The molecule has 1 amide bonds. The molecule has 6 heteroatoms. The smallest absolute Gasteiger partial charge is 0.277 e. The van der Waals surface area contributed by atoms with Crippen LogP contribution in [0.4, 0.5) is 0 Å². The number of amides is 1. The second-order valence-electron chi connectivity index (χ2n) is 6.11. The first-order valence-corrected chi connectivity index (χ1v) is 9.04. The van der Waals surface area contributed by atoms with E-state index in [9.17, 15) is 9.90 Å². The Labute approximate surface area is 159 Å². The van der Waals surface area contributed by atoms with Crippen molar-refractivity contribution in [1.82, 2.24) is 5.43 Å². The molecule has 0 aliphatic carbocycles. The molecular formula is C21H26N2O4. The van der Waals surface area contributed by atoms with E-state index in [1.807, 2.05) is 31.2 Å². The first kappa shape index (κ1) is 20.3. The Morgan fingerprint density at radius 3 is 2.48 bits per heavy atom. The van der Waals surface area contributed by atoms with Gasteiger partial charge in [-0.25, -0.2) is 5.43 Å². The van der Waals surface area contributed by atoms with Crippen LogP contribution in [0.1, 0.15) is 44.2 Å². The fourth-order valence-electron chi connectivity index (χ4n) is 2.37. The molecule has 27 heavy (non-hydrogen) atoms. The van der Waals surface area contributed by atoms with E-state index >= 15 is 0 Å². The van der Waals surface area contributed by atoms with Crippen LogP contribution in [0.25, 0.3) is 0 Å². The third-order valence-corrected chi connectivity index (χ3v) is 4.14. The van der Waals surface area contributed by atoms with Gasteiger partial charge in [0, 0.05) is 11.6 Å². The lowest BCUT2D eigenvalue weighted by atomic mass is 9.99. The largest absolute Gasteiger partial charge is 0.507 e. The van der Waals surface area contributed by atoms with Crippen molar-refractivity contribution in [2.24, 2.45) is 5.10 Å². The van der Waals surface area contributed by atoms with Crippen LogP contribution in [0, 0.1) is 0 Å². The van der Waals surface area contributed by atoms with E-state index in [2.05, 4.69) is 24.4 Å². The minimum atomic E-state index is -0.386. The number of rotatable bonds is 9. The maximum Gasteiger partial charge on any atom is 0.277 e. The zero-order valence-electron chi connectivity index (χ0n) is 15.9. The number of hydrazone groups is 1. The van der Waals surface area contributed by atoms with Crippen LogP contribution in [-0.2, 0) is 4.79 Å². The van der Waals surface area contributed by atoms with Crippen molar-refractivity contribution in [2.45, 2.75) is 33.1 Å². The van der Waals surface area contributed by atoms with Crippen molar-refractivity contribution in [3.8, 4) is 17.2 Å². The third-order valence-electron chi connectivity index (χ3n) is 4.14. The molecule has 0 aromatic heterocycles. The molecule has 0 aliphatic rings. The van der Waals surface area contributed by atoms with Gasteiger partial charge < -0.3 is 14.6 Å². The maximum atomic E-state index is 11.8. The van der Waals surface area contributed by atoms with Crippen molar-refractivity contribution in [2.75, 3.05) is 13.2 Å². The van der Waals surface area contributed by atoms with Crippen LogP contribution in [0.2, 0.25) is 0 Å². The Morgan fingerprint density at radius 2 is 1.85 bits per heavy atom. The summed E-state index contributed by atoms with van der Waals surface area (Å²) in [6, 6.07) is 12.6. The Morgan fingerprint density at radius 1 is 1.15 bits per heavy atom. The van der Waals surface area contributed by atoms with Crippen LogP contribution in [0.15, 0.2) is 47.6 Å². The average molecular weight is 370 g/mol. The summed E-state index contributed by atoms with van der Waals surface area (Å²) < 4.78 is 10.7. The fourth-order valence-corrected chi connectivity index (χ4v) is 2.37. The SMILES string of the molecule is CCOc1ccc(/C=N/NC(=O)COc2ccc(C(C)CC)cc2)c(O)c1. The van der Waals surface area contributed by atoms with Crippen molar-refractivity contribution in [3.05, 3.63) is 53.6 Å². The van der Waals surface area contributed by atoms with E-state index in [1.54, 1.807) is 12.1 Å². The summed E-state index contributed by atoms with van der Waals surface area (Å²) in [6.07, 6.45) is 2.44. The Bertz CT molecular complexity index is 772. The number of nitrogens with one attached hydrogen (secondary N) is 1. The second kappa shape index (κ2) is 10.2. The number of hydrogen-bond acceptors (Lipinski definition) is 5. The quantitative estimate of drug-likeness (QED) is 0.519. The first-order valence-electron chi connectivity index (χ1n) is 9.04. The first-order chi connectivity index (χ1) is 13.0. The zero-order valence-corrected chi connectivity index (χ0v) is 15.9. The van der Waals surface area contributed by atoms with Gasteiger partial charge in [0.05, 0.1) is 12.8 Å². The van der Waals surface area contributed by atoms with Gasteiger partial charge >= 0.3 is 0 Å². The number of ether oxygens (including phenoxy) is 2. The summed E-state index contributed by atoms with van der Waals surface area (Å²) in [5.74, 6) is 1.34. The minimum Gasteiger partial charge on any atom is -0.507 e. The minimum absolute atomic E-state index is 0.0246. The fraction of sp³-hybridized carbons (Fsp3) is 0.333. The number of carbonyl (C=O) groups excluding carboxylic acids is 1. The molecule has 2 aromatic carbocycles. The van der Waals surface area contributed by atoms with E-state index in [-0.39, 0.29) is 18.3 Å². The van der Waals surface area contributed by atoms with Gasteiger partial charge in [-0.2, -0.15) is 5.10 Å². The number of benzene rings is 2. The molecule has 0 saturated heterocycles. The highest BCUT2D eigenvalue weighted by Crippen LogP contribution is 2.22. The van der Waals surface area contributed by atoms with Gasteiger partial charge in [-0.15, -0.1) is 0 Å². The molecule has 0 aliphatic heterocycles. The standard InChI is InChI=1S/C21H26N2O4/c1-4-15(3)16-6-9-18(10-7-16)27-14-21(25)23-22-13-17-8-11-19(26-5-2)12-20(17)24/h6-13,15,24H,4-5,14H2,1-3H3,(H,23,25)/b22-13+. The second-order valence-corrected chi connectivity index (χ2v) is 6.11. The number of phenolic OH excluding ortho intramolecular Hbond substituents is 1. The summed E-state index contributed by atoms with van der Waals surface area (Å²) in [7, 11) is 0. The summed E-state index contributed by atoms with van der Waals surface area (Å²) in [5, 5.41) is 13.7. The van der Waals surface area contributed by atoms with Gasteiger partial charge in [0.15, 0.2) is 6.61 Å².